The van der Waals surface area contributed by atoms with Crippen molar-refractivity contribution in [1.82, 2.24) is 5.32 Å². The van der Waals surface area contributed by atoms with Crippen LogP contribution in [0.2, 0.25) is 0 Å². The molecule has 0 aliphatic heterocycles. The quantitative estimate of drug-likeness (QED) is 0.754. The molecule has 118 valence electrons. The molecule has 1 aliphatic carbocycles. The smallest absolute Gasteiger partial charge is 0.130 e. The molecule has 2 rings (SSSR count). The van der Waals surface area contributed by atoms with E-state index >= 15 is 0 Å². The Morgan fingerprint density at radius 2 is 2.00 bits per heavy atom. The monoisotopic (exact) mass is 313 g/mol. The molecule has 1 nitrogen and oxygen atoms in total. The molecule has 4 heteroatoms. The van der Waals surface area contributed by atoms with E-state index in [4.69, 9.17) is 0 Å². The first kappa shape index (κ1) is 16.8. The van der Waals surface area contributed by atoms with Gasteiger partial charge in [0.15, 0.2) is 0 Å². The van der Waals surface area contributed by atoms with Crippen molar-refractivity contribution in [2.24, 2.45) is 0 Å². The summed E-state index contributed by atoms with van der Waals surface area (Å²) in [4.78, 5) is 0. The maximum Gasteiger partial charge on any atom is 0.130 e. The zero-order valence-corrected chi connectivity index (χ0v) is 13.5. The van der Waals surface area contributed by atoms with Crippen LogP contribution in [0.3, 0.4) is 0 Å². The van der Waals surface area contributed by atoms with Crippen molar-refractivity contribution < 1.29 is 8.78 Å². The van der Waals surface area contributed by atoms with Gasteiger partial charge in [-0.25, -0.2) is 8.78 Å². The van der Waals surface area contributed by atoms with Crippen molar-refractivity contribution in [2.75, 3.05) is 12.3 Å². The molecule has 1 aliphatic rings. The topological polar surface area (TPSA) is 12.0 Å². The first-order valence-corrected chi connectivity index (χ1v) is 9.05. The number of hydrogen-bond donors (Lipinski definition) is 1. The predicted octanol–water partition coefficient (Wildman–Crippen LogP) is 5.07. The summed E-state index contributed by atoms with van der Waals surface area (Å²) in [6.45, 7) is 2.95. The Morgan fingerprint density at radius 3 is 2.67 bits per heavy atom. The van der Waals surface area contributed by atoms with E-state index in [1.165, 1.54) is 38.2 Å². The van der Waals surface area contributed by atoms with Crippen LogP contribution in [-0.4, -0.2) is 17.5 Å². The maximum atomic E-state index is 14.0. The van der Waals surface area contributed by atoms with Crippen LogP contribution < -0.4 is 5.32 Å². The summed E-state index contributed by atoms with van der Waals surface area (Å²) in [6, 6.07) is 3.89. The molecule has 1 aromatic carbocycles. The molecule has 1 fully saturated rings. The van der Waals surface area contributed by atoms with E-state index in [1.54, 1.807) is 6.07 Å². The van der Waals surface area contributed by atoms with Gasteiger partial charge < -0.3 is 5.32 Å². The fourth-order valence-electron chi connectivity index (χ4n) is 2.83. The highest BCUT2D eigenvalue weighted by molar-refractivity contribution is 7.99. The zero-order chi connectivity index (χ0) is 15.1. The summed E-state index contributed by atoms with van der Waals surface area (Å²) in [6.07, 6.45) is 7.54. The first-order valence-electron chi connectivity index (χ1n) is 8.00. The van der Waals surface area contributed by atoms with Gasteiger partial charge in [-0.05, 0) is 31.9 Å². The van der Waals surface area contributed by atoms with E-state index in [9.17, 15) is 8.78 Å². The number of rotatable bonds is 7. The van der Waals surface area contributed by atoms with E-state index in [1.807, 2.05) is 11.8 Å². The second-order valence-corrected chi connectivity index (χ2v) is 7.10. The summed E-state index contributed by atoms with van der Waals surface area (Å²) < 4.78 is 27.1. The predicted molar refractivity (Wildman–Crippen MR) is 86.7 cm³/mol. The molecule has 0 bridgehead atoms. The van der Waals surface area contributed by atoms with Crippen LogP contribution in [0.15, 0.2) is 18.2 Å². The molecule has 0 radical (unpaired) electrons. The van der Waals surface area contributed by atoms with Gasteiger partial charge in [0.25, 0.3) is 0 Å². The minimum atomic E-state index is -0.509. The summed E-state index contributed by atoms with van der Waals surface area (Å²) >= 11 is 1.94. The Labute approximate surface area is 130 Å². The second kappa shape index (κ2) is 8.74. The lowest BCUT2D eigenvalue weighted by Crippen LogP contribution is -2.26. The van der Waals surface area contributed by atoms with E-state index in [0.717, 1.165) is 24.8 Å². The van der Waals surface area contributed by atoms with Gasteiger partial charge >= 0.3 is 0 Å². The highest BCUT2D eigenvalue weighted by Gasteiger charge is 2.19. The maximum absolute atomic E-state index is 14.0. The van der Waals surface area contributed by atoms with Gasteiger partial charge in [-0.2, -0.15) is 11.8 Å². The Hall–Kier alpha value is -0.610. The molecule has 21 heavy (non-hydrogen) atoms. The van der Waals surface area contributed by atoms with Gasteiger partial charge in [0.05, 0.1) is 0 Å². The fourth-order valence-corrected chi connectivity index (χ4v) is 4.25. The third kappa shape index (κ3) is 5.26. The lowest BCUT2D eigenvalue weighted by molar-refractivity contribution is 0.507. The largest absolute Gasteiger partial charge is 0.309 e. The number of thioether (sulfide) groups is 1. The van der Waals surface area contributed by atoms with Gasteiger partial charge in [0.1, 0.15) is 11.6 Å². The van der Waals surface area contributed by atoms with Crippen LogP contribution >= 0.6 is 11.8 Å². The first-order chi connectivity index (χ1) is 10.2. The van der Waals surface area contributed by atoms with Crippen molar-refractivity contribution in [3.05, 3.63) is 35.4 Å². The van der Waals surface area contributed by atoms with Gasteiger partial charge in [0.2, 0.25) is 0 Å². The van der Waals surface area contributed by atoms with Crippen molar-refractivity contribution in [1.29, 1.82) is 0 Å². The Morgan fingerprint density at radius 1 is 1.24 bits per heavy atom. The normalized spacial score (nSPS) is 17.9. The van der Waals surface area contributed by atoms with Crippen LogP contribution in [0.25, 0.3) is 0 Å². The number of nitrogens with one attached hydrogen (secondary N) is 1. The summed E-state index contributed by atoms with van der Waals surface area (Å²) in [7, 11) is 0. The minimum Gasteiger partial charge on any atom is -0.309 e. The molecule has 1 aromatic rings. The molecule has 0 saturated heterocycles. The third-order valence-corrected chi connectivity index (χ3v) is 5.50. The SMILES string of the molecule is CCCNC(CSC1CCCCC1)c1ccc(F)cc1F. The lowest BCUT2D eigenvalue weighted by Gasteiger charge is -2.25. The molecular formula is C17H25F2NS. The lowest BCUT2D eigenvalue weighted by atomic mass is 10.0. The van der Waals surface area contributed by atoms with E-state index in [0.29, 0.717) is 10.8 Å². The third-order valence-electron chi connectivity index (χ3n) is 4.03. The Kier molecular flexibility index (Phi) is 6.97. The van der Waals surface area contributed by atoms with Gasteiger partial charge in [-0.1, -0.05) is 32.3 Å². The molecule has 0 amide bonds. The average molecular weight is 313 g/mol. The minimum absolute atomic E-state index is 0.0301. The van der Waals surface area contributed by atoms with Crippen LogP contribution in [-0.2, 0) is 0 Å². The van der Waals surface area contributed by atoms with E-state index < -0.39 is 11.6 Å². The van der Waals surface area contributed by atoms with Crippen molar-refractivity contribution >= 4 is 11.8 Å². The highest BCUT2D eigenvalue weighted by Crippen LogP contribution is 2.31. The molecular weight excluding hydrogens is 288 g/mol. The van der Waals surface area contributed by atoms with E-state index in [2.05, 4.69) is 12.2 Å². The molecule has 1 N–H and O–H groups in total. The zero-order valence-electron chi connectivity index (χ0n) is 12.7. The van der Waals surface area contributed by atoms with Gasteiger partial charge in [0, 0.05) is 28.7 Å². The van der Waals surface area contributed by atoms with E-state index in [-0.39, 0.29) is 6.04 Å². The Bertz CT molecular complexity index is 433. The summed E-state index contributed by atoms with van der Waals surface area (Å²) in [5, 5.41) is 4.10. The fraction of sp³-hybridized carbons (Fsp3) is 0.647. The average Bonchev–Trinajstić information content (AvgIpc) is 2.49. The molecule has 1 saturated carbocycles. The van der Waals surface area contributed by atoms with Crippen LogP contribution in [0.1, 0.15) is 57.1 Å². The van der Waals surface area contributed by atoms with Crippen LogP contribution in [0, 0.1) is 11.6 Å². The summed E-state index contributed by atoms with van der Waals surface area (Å²) in [5.41, 5.74) is 0.591. The molecule has 0 aromatic heterocycles. The molecule has 1 atom stereocenters. The van der Waals surface area contributed by atoms with Crippen LogP contribution in [0.5, 0.6) is 0 Å². The number of hydrogen-bond acceptors (Lipinski definition) is 2. The molecule has 1 unspecified atom stereocenters. The van der Waals surface area contributed by atoms with Crippen molar-refractivity contribution in [2.45, 2.75) is 56.7 Å². The van der Waals surface area contributed by atoms with Crippen LogP contribution in [0.4, 0.5) is 8.78 Å². The standard InChI is InChI=1S/C17H25F2NS/c1-2-10-20-17(12-21-14-6-4-3-5-7-14)15-9-8-13(18)11-16(15)19/h8-9,11,14,17,20H,2-7,10,12H2,1H3. The van der Waals surface area contributed by atoms with Gasteiger partial charge in [-0.3, -0.25) is 0 Å². The van der Waals surface area contributed by atoms with Crippen molar-refractivity contribution in [3.63, 3.8) is 0 Å². The molecule has 0 heterocycles. The molecule has 0 spiro atoms. The number of halogens is 2. The highest BCUT2D eigenvalue weighted by atomic mass is 32.2. The summed E-state index contributed by atoms with van der Waals surface area (Å²) in [5.74, 6) is -0.0917. The Balaban J connectivity index is 1.99. The second-order valence-electron chi connectivity index (χ2n) is 5.77. The number of benzene rings is 1. The van der Waals surface area contributed by atoms with Gasteiger partial charge in [-0.15, -0.1) is 0 Å². The van der Waals surface area contributed by atoms with Crippen molar-refractivity contribution in [3.8, 4) is 0 Å².